The van der Waals surface area contributed by atoms with Crippen LogP contribution < -0.4 is 0 Å². The average Bonchev–Trinajstić information content (AvgIpc) is 2.65. The molecule has 1 aromatic carbocycles. The number of aliphatic hydroxyl groups excluding tert-OH is 1. The van der Waals surface area contributed by atoms with E-state index in [1.165, 1.54) is 0 Å². The minimum absolute atomic E-state index is 0.0125. The van der Waals surface area contributed by atoms with Gasteiger partial charge in [0, 0.05) is 11.0 Å². The lowest BCUT2D eigenvalue weighted by Crippen LogP contribution is -2.50. The van der Waals surface area contributed by atoms with Crippen molar-refractivity contribution in [3.8, 4) is 0 Å². The Hall–Kier alpha value is -0.0100. The molecule has 0 unspecified atom stereocenters. The van der Waals surface area contributed by atoms with Crippen molar-refractivity contribution in [3.05, 3.63) is 32.0 Å². The lowest BCUT2D eigenvalue weighted by Gasteiger charge is -2.47. The van der Waals surface area contributed by atoms with Crippen molar-refractivity contribution in [2.75, 3.05) is 20.1 Å². The minimum atomic E-state index is -1.26. The van der Waals surface area contributed by atoms with E-state index in [2.05, 4.69) is 43.8 Å². The minimum Gasteiger partial charge on any atom is -0.388 e. The zero-order chi connectivity index (χ0) is 17.2. The summed E-state index contributed by atoms with van der Waals surface area (Å²) in [5, 5.41) is 22.6. The molecule has 3 nitrogen and oxygen atoms in total. The van der Waals surface area contributed by atoms with E-state index in [-0.39, 0.29) is 10.4 Å². The number of nitrogens with zero attached hydrogens (tertiary/aromatic N) is 1. The third-order valence-corrected chi connectivity index (χ3v) is 7.17. The molecular formula is C17H22Br2FNO2. The summed E-state index contributed by atoms with van der Waals surface area (Å²) in [5.41, 5.74) is -0.920. The Balaban J connectivity index is 2.20. The summed E-state index contributed by atoms with van der Waals surface area (Å²) >= 11 is 6.53. The monoisotopic (exact) mass is 449 g/mol. The Morgan fingerprint density at radius 3 is 2.39 bits per heavy atom. The summed E-state index contributed by atoms with van der Waals surface area (Å²) in [6.45, 7) is 5.53. The largest absolute Gasteiger partial charge is 0.388 e. The van der Waals surface area contributed by atoms with Gasteiger partial charge < -0.3 is 15.1 Å². The van der Waals surface area contributed by atoms with Crippen molar-refractivity contribution >= 4 is 31.9 Å². The number of halogens is 3. The topological polar surface area (TPSA) is 43.7 Å². The molecule has 1 aliphatic carbocycles. The number of piperidine rings is 1. The molecule has 128 valence electrons. The van der Waals surface area contributed by atoms with Crippen LogP contribution in [-0.4, -0.2) is 35.3 Å². The Kier molecular flexibility index (Phi) is 4.46. The van der Waals surface area contributed by atoms with Crippen LogP contribution in [0.5, 0.6) is 0 Å². The summed E-state index contributed by atoms with van der Waals surface area (Å²) in [6, 6.07) is 1.61. The highest BCUT2D eigenvalue weighted by Crippen LogP contribution is 2.63. The fourth-order valence-corrected chi connectivity index (χ4v) is 5.75. The van der Waals surface area contributed by atoms with Gasteiger partial charge in [-0.25, -0.2) is 4.39 Å². The van der Waals surface area contributed by atoms with E-state index >= 15 is 0 Å². The van der Waals surface area contributed by atoms with Crippen molar-refractivity contribution in [3.63, 3.8) is 0 Å². The molecule has 2 aliphatic rings. The van der Waals surface area contributed by atoms with E-state index in [9.17, 15) is 14.6 Å². The number of aliphatic hydroxyl groups is 2. The molecule has 0 amide bonds. The van der Waals surface area contributed by atoms with Crippen LogP contribution >= 0.6 is 31.9 Å². The number of hydrogen-bond acceptors (Lipinski definition) is 3. The van der Waals surface area contributed by atoms with Gasteiger partial charge in [-0.2, -0.15) is 0 Å². The van der Waals surface area contributed by atoms with E-state index in [0.29, 0.717) is 15.6 Å². The van der Waals surface area contributed by atoms with E-state index < -0.39 is 22.9 Å². The third-order valence-electron chi connectivity index (χ3n) is 5.84. The zero-order valence-corrected chi connectivity index (χ0v) is 16.7. The molecule has 0 saturated carbocycles. The third kappa shape index (κ3) is 2.36. The molecule has 6 heteroatoms. The molecule has 3 rings (SSSR count). The predicted molar refractivity (Wildman–Crippen MR) is 94.7 cm³/mol. The Morgan fingerprint density at radius 1 is 1.26 bits per heavy atom. The molecule has 2 N–H and O–H groups in total. The summed E-state index contributed by atoms with van der Waals surface area (Å²) in [7, 11) is 2.07. The van der Waals surface area contributed by atoms with Crippen LogP contribution in [0.4, 0.5) is 4.39 Å². The fraction of sp³-hybridized carbons (Fsp3) is 0.647. The van der Waals surface area contributed by atoms with Gasteiger partial charge in [-0.05, 0) is 82.4 Å². The van der Waals surface area contributed by atoms with Gasteiger partial charge in [0.25, 0.3) is 0 Å². The summed E-state index contributed by atoms with van der Waals surface area (Å²) in [5.74, 6) is -0.443. The van der Waals surface area contributed by atoms with E-state index in [1.807, 2.05) is 13.8 Å². The van der Waals surface area contributed by atoms with Gasteiger partial charge in [0.2, 0.25) is 0 Å². The van der Waals surface area contributed by atoms with Crippen LogP contribution in [0, 0.1) is 17.2 Å². The SMILES string of the molecule is CN1CCC([C@@]2(O)c3c(cc(Br)c(F)c3Br)[C@H](O)C2(C)C)CC1. The lowest BCUT2D eigenvalue weighted by molar-refractivity contribution is -0.158. The molecule has 1 fully saturated rings. The van der Waals surface area contributed by atoms with Crippen LogP contribution in [-0.2, 0) is 5.60 Å². The standard InChI is InChI=1S/C17H22Br2FNO2/c1-16(2)15(22)10-8-11(18)14(20)13(19)12(10)17(16,23)9-4-6-21(3)7-5-9/h8-9,15,22-23H,4-7H2,1-3H3/t15-,17+/m0/s1. The van der Waals surface area contributed by atoms with Crippen molar-refractivity contribution < 1.29 is 14.6 Å². The average molecular weight is 451 g/mol. The molecule has 1 aliphatic heterocycles. The highest BCUT2D eigenvalue weighted by Gasteiger charge is 2.61. The van der Waals surface area contributed by atoms with Crippen molar-refractivity contribution in [2.24, 2.45) is 11.3 Å². The quantitative estimate of drug-likeness (QED) is 0.636. The predicted octanol–water partition coefficient (Wildman–Crippen LogP) is 3.95. The number of rotatable bonds is 1. The molecule has 1 heterocycles. The molecule has 1 aromatic rings. The molecule has 2 atom stereocenters. The number of likely N-dealkylation sites (tertiary alicyclic amines) is 1. The maximum absolute atomic E-state index is 14.4. The highest BCUT2D eigenvalue weighted by molar-refractivity contribution is 9.11. The molecular weight excluding hydrogens is 429 g/mol. The van der Waals surface area contributed by atoms with Crippen molar-refractivity contribution in [1.82, 2.24) is 4.90 Å². The summed E-state index contributed by atoms with van der Waals surface area (Å²) in [6.07, 6.45) is 0.815. The van der Waals surface area contributed by atoms with Crippen LogP contribution in [0.25, 0.3) is 0 Å². The van der Waals surface area contributed by atoms with Gasteiger partial charge in [0.1, 0.15) is 5.60 Å². The van der Waals surface area contributed by atoms with Crippen LogP contribution in [0.2, 0.25) is 0 Å². The normalized spacial score (nSPS) is 31.4. The maximum atomic E-state index is 14.4. The summed E-state index contributed by atoms with van der Waals surface area (Å²) < 4.78 is 15.0. The number of benzene rings is 1. The molecule has 23 heavy (non-hydrogen) atoms. The number of fused-ring (bicyclic) bond motifs is 1. The second kappa shape index (κ2) is 5.77. The fourth-order valence-electron chi connectivity index (χ4n) is 4.29. The van der Waals surface area contributed by atoms with E-state index in [1.54, 1.807) is 6.07 Å². The van der Waals surface area contributed by atoms with Crippen LogP contribution in [0.15, 0.2) is 15.0 Å². The van der Waals surface area contributed by atoms with Gasteiger partial charge >= 0.3 is 0 Å². The van der Waals surface area contributed by atoms with E-state index in [0.717, 1.165) is 25.9 Å². The van der Waals surface area contributed by atoms with Gasteiger partial charge in [0.05, 0.1) is 15.0 Å². The Bertz CT molecular complexity index is 644. The first-order valence-electron chi connectivity index (χ1n) is 7.89. The van der Waals surface area contributed by atoms with Crippen molar-refractivity contribution in [1.29, 1.82) is 0 Å². The van der Waals surface area contributed by atoms with Crippen LogP contribution in [0.1, 0.15) is 43.9 Å². The van der Waals surface area contributed by atoms with E-state index in [4.69, 9.17) is 0 Å². The molecule has 0 radical (unpaired) electrons. The first-order chi connectivity index (χ1) is 10.6. The number of hydrogen-bond donors (Lipinski definition) is 2. The van der Waals surface area contributed by atoms with Crippen LogP contribution in [0.3, 0.4) is 0 Å². The second-order valence-electron chi connectivity index (χ2n) is 7.42. The van der Waals surface area contributed by atoms with Gasteiger partial charge in [-0.1, -0.05) is 13.8 Å². The Labute approximate surface area is 153 Å². The molecule has 1 saturated heterocycles. The van der Waals surface area contributed by atoms with Gasteiger partial charge in [-0.15, -0.1) is 0 Å². The second-order valence-corrected chi connectivity index (χ2v) is 9.07. The summed E-state index contributed by atoms with van der Waals surface area (Å²) in [4.78, 5) is 2.23. The molecule has 0 aromatic heterocycles. The van der Waals surface area contributed by atoms with Crippen molar-refractivity contribution in [2.45, 2.75) is 38.4 Å². The van der Waals surface area contributed by atoms with Gasteiger partial charge in [0.15, 0.2) is 5.82 Å². The highest BCUT2D eigenvalue weighted by atomic mass is 79.9. The molecule has 0 bridgehead atoms. The zero-order valence-electron chi connectivity index (χ0n) is 13.5. The molecule has 0 spiro atoms. The first kappa shape index (κ1) is 17.8. The lowest BCUT2D eigenvalue weighted by atomic mass is 9.64. The smallest absolute Gasteiger partial charge is 0.151 e. The Morgan fingerprint density at radius 2 is 1.83 bits per heavy atom. The van der Waals surface area contributed by atoms with Gasteiger partial charge in [-0.3, -0.25) is 0 Å². The maximum Gasteiger partial charge on any atom is 0.151 e. The first-order valence-corrected chi connectivity index (χ1v) is 9.47.